The number of aliphatic hydroxyl groups excluding tert-OH is 1. The van der Waals surface area contributed by atoms with Gasteiger partial charge >= 0.3 is 0 Å². The molecule has 0 fully saturated rings. The van der Waals surface area contributed by atoms with Gasteiger partial charge in [0.2, 0.25) is 0 Å². The first-order valence-corrected chi connectivity index (χ1v) is 5.17. The lowest BCUT2D eigenvalue weighted by Crippen LogP contribution is -2.09. The number of rotatable bonds is 5. The van der Waals surface area contributed by atoms with Crippen LogP contribution in [-0.4, -0.2) is 18.3 Å². The first-order chi connectivity index (χ1) is 7.17. The topological polar surface area (TPSA) is 29.5 Å². The maximum Gasteiger partial charge on any atom is 0.165 e. The van der Waals surface area contributed by atoms with Crippen molar-refractivity contribution in [3.63, 3.8) is 0 Å². The zero-order valence-electron chi connectivity index (χ0n) is 9.16. The van der Waals surface area contributed by atoms with Crippen molar-refractivity contribution in [3.05, 3.63) is 29.6 Å². The maximum atomic E-state index is 13.3. The van der Waals surface area contributed by atoms with Gasteiger partial charge in [-0.15, -0.1) is 0 Å². The lowest BCUT2D eigenvalue weighted by Gasteiger charge is -2.10. The molecule has 0 aliphatic carbocycles. The van der Waals surface area contributed by atoms with E-state index in [-0.39, 0.29) is 17.7 Å². The summed E-state index contributed by atoms with van der Waals surface area (Å²) in [6.45, 7) is 2.01. The van der Waals surface area contributed by atoms with Crippen LogP contribution in [0.1, 0.15) is 25.3 Å². The quantitative estimate of drug-likeness (QED) is 0.812. The lowest BCUT2D eigenvalue weighted by atomic mass is 10.0. The third-order valence-corrected chi connectivity index (χ3v) is 2.31. The van der Waals surface area contributed by atoms with Crippen LogP contribution in [-0.2, 0) is 6.42 Å². The Bertz CT molecular complexity index is 312. The Morgan fingerprint density at radius 3 is 2.73 bits per heavy atom. The van der Waals surface area contributed by atoms with Crippen LogP contribution in [0.3, 0.4) is 0 Å². The second-order valence-corrected chi connectivity index (χ2v) is 3.62. The molecule has 0 aromatic heterocycles. The average molecular weight is 212 g/mol. The number of hydrogen-bond donors (Lipinski definition) is 1. The highest BCUT2D eigenvalue weighted by atomic mass is 19.1. The molecule has 1 N–H and O–H groups in total. The highest BCUT2D eigenvalue weighted by molar-refractivity contribution is 5.29. The number of methoxy groups -OCH3 is 1. The van der Waals surface area contributed by atoms with Crippen LogP contribution in [0.4, 0.5) is 4.39 Å². The lowest BCUT2D eigenvalue weighted by molar-refractivity contribution is 0.164. The maximum absolute atomic E-state index is 13.3. The summed E-state index contributed by atoms with van der Waals surface area (Å²) in [4.78, 5) is 0. The largest absolute Gasteiger partial charge is 0.494 e. The highest BCUT2D eigenvalue weighted by Gasteiger charge is 2.07. The Morgan fingerprint density at radius 2 is 2.20 bits per heavy atom. The van der Waals surface area contributed by atoms with Crippen LogP contribution in [0, 0.1) is 5.82 Å². The van der Waals surface area contributed by atoms with Crippen molar-refractivity contribution >= 4 is 0 Å². The van der Waals surface area contributed by atoms with Gasteiger partial charge in [0.1, 0.15) is 0 Å². The van der Waals surface area contributed by atoms with E-state index in [0.717, 1.165) is 18.4 Å². The van der Waals surface area contributed by atoms with E-state index in [9.17, 15) is 9.50 Å². The molecule has 0 bridgehead atoms. The molecule has 0 saturated carbocycles. The van der Waals surface area contributed by atoms with Crippen molar-refractivity contribution in [1.82, 2.24) is 0 Å². The number of benzene rings is 1. The summed E-state index contributed by atoms with van der Waals surface area (Å²) in [5.74, 6) is -0.137. The SMILES string of the molecule is CCCC(O)Cc1ccc(OC)c(F)c1. The number of aliphatic hydroxyl groups is 1. The molecule has 0 amide bonds. The van der Waals surface area contributed by atoms with E-state index >= 15 is 0 Å². The molecule has 0 heterocycles. The summed E-state index contributed by atoms with van der Waals surface area (Å²) in [6, 6.07) is 4.78. The van der Waals surface area contributed by atoms with Crippen LogP contribution < -0.4 is 4.74 Å². The molecule has 2 nitrogen and oxygen atoms in total. The van der Waals surface area contributed by atoms with E-state index in [1.807, 2.05) is 6.92 Å². The zero-order chi connectivity index (χ0) is 11.3. The molecule has 0 aliphatic rings. The van der Waals surface area contributed by atoms with E-state index < -0.39 is 0 Å². The van der Waals surface area contributed by atoms with Crippen LogP contribution in [0.25, 0.3) is 0 Å². The fourth-order valence-corrected chi connectivity index (χ4v) is 1.54. The third-order valence-electron chi connectivity index (χ3n) is 2.31. The molecule has 0 aliphatic heterocycles. The van der Waals surface area contributed by atoms with Gasteiger partial charge in [-0.3, -0.25) is 0 Å². The molecule has 1 rings (SSSR count). The molecule has 0 saturated heterocycles. The van der Waals surface area contributed by atoms with Crippen LogP contribution in [0.5, 0.6) is 5.75 Å². The van der Waals surface area contributed by atoms with Crippen molar-refractivity contribution in [2.24, 2.45) is 0 Å². The van der Waals surface area contributed by atoms with Gasteiger partial charge in [-0.25, -0.2) is 4.39 Å². The molecule has 1 atom stereocenters. The second kappa shape index (κ2) is 5.71. The molecular formula is C12H17FO2. The Balaban J connectivity index is 2.66. The summed E-state index contributed by atoms with van der Waals surface area (Å²) < 4.78 is 18.1. The smallest absolute Gasteiger partial charge is 0.165 e. The van der Waals surface area contributed by atoms with E-state index in [0.29, 0.717) is 6.42 Å². The Labute approximate surface area is 89.7 Å². The monoisotopic (exact) mass is 212 g/mol. The van der Waals surface area contributed by atoms with Crippen molar-refractivity contribution in [2.45, 2.75) is 32.3 Å². The molecule has 0 radical (unpaired) electrons. The van der Waals surface area contributed by atoms with Crippen molar-refractivity contribution in [1.29, 1.82) is 0 Å². The summed E-state index contributed by atoms with van der Waals surface area (Å²) in [5, 5.41) is 9.57. The second-order valence-electron chi connectivity index (χ2n) is 3.62. The number of hydrogen-bond acceptors (Lipinski definition) is 2. The first kappa shape index (κ1) is 12.0. The predicted octanol–water partition coefficient (Wildman–Crippen LogP) is 2.54. The summed E-state index contributed by atoms with van der Waals surface area (Å²) >= 11 is 0. The molecule has 15 heavy (non-hydrogen) atoms. The summed E-state index contributed by atoms with van der Waals surface area (Å²) in [7, 11) is 1.43. The normalized spacial score (nSPS) is 12.5. The summed E-state index contributed by atoms with van der Waals surface area (Å²) in [6.07, 6.45) is 1.78. The minimum absolute atomic E-state index is 0.240. The average Bonchev–Trinajstić information content (AvgIpc) is 2.18. The third kappa shape index (κ3) is 3.51. The molecule has 1 aromatic rings. The van der Waals surface area contributed by atoms with Gasteiger partial charge in [0.25, 0.3) is 0 Å². The van der Waals surface area contributed by atoms with Gasteiger partial charge in [-0.05, 0) is 30.5 Å². The first-order valence-electron chi connectivity index (χ1n) is 5.17. The molecular weight excluding hydrogens is 195 g/mol. The predicted molar refractivity (Wildman–Crippen MR) is 57.6 cm³/mol. The number of ether oxygens (including phenoxy) is 1. The minimum atomic E-state index is -0.386. The molecule has 1 aromatic carbocycles. The van der Waals surface area contributed by atoms with Crippen molar-refractivity contribution in [3.8, 4) is 5.75 Å². The molecule has 1 unspecified atom stereocenters. The van der Waals surface area contributed by atoms with Gasteiger partial charge in [-0.2, -0.15) is 0 Å². The molecule has 3 heteroatoms. The number of halogens is 1. The van der Waals surface area contributed by atoms with Gasteiger partial charge < -0.3 is 9.84 Å². The van der Waals surface area contributed by atoms with Gasteiger partial charge in [0.15, 0.2) is 11.6 Å². The standard InChI is InChI=1S/C12H17FO2/c1-3-4-10(14)7-9-5-6-12(15-2)11(13)8-9/h5-6,8,10,14H,3-4,7H2,1-2H3. The van der Waals surface area contributed by atoms with Gasteiger partial charge in [0.05, 0.1) is 13.2 Å². The van der Waals surface area contributed by atoms with E-state index in [2.05, 4.69) is 0 Å². The van der Waals surface area contributed by atoms with E-state index in [1.54, 1.807) is 12.1 Å². The molecule has 84 valence electrons. The highest BCUT2D eigenvalue weighted by Crippen LogP contribution is 2.19. The van der Waals surface area contributed by atoms with E-state index in [4.69, 9.17) is 4.74 Å². The fourth-order valence-electron chi connectivity index (χ4n) is 1.54. The van der Waals surface area contributed by atoms with E-state index in [1.165, 1.54) is 13.2 Å². The minimum Gasteiger partial charge on any atom is -0.494 e. The molecule has 0 spiro atoms. The Kier molecular flexibility index (Phi) is 4.56. The zero-order valence-corrected chi connectivity index (χ0v) is 9.16. The Morgan fingerprint density at radius 1 is 1.47 bits per heavy atom. The van der Waals surface area contributed by atoms with Gasteiger partial charge in [-0.1, -0.05) is 19.4 Å². The van der Waals surface area contributed by atoms with Crippen molar-refractivity contribution < 1.29 is 14.2 Å². The van der Waals surface area contributed by atoms with Crippen LogP contribution in [0.15, 0.2) is 18.2 Å². The summed E-state index contributed by atoms with van der Waals surface area (Å²) in [5.41, 5.74) is 0.800. The van der Waals surface area contributed by atoms with Gasteiger partial charge in [0, 0.05) is 0 Å². The Hall–Kier alpha value is -1.09. The van der Waals surface area contributed by atoms with Crippen LogP contribution >= 0.6 is 0 Å². The van der Waals surface area contributed by atoms with Crippen LogP contribution in [0.2, 0.25) is 0 Å². The fraction of sp³-hybridized carbons (Fsp3) is 0.500. The van der Waals surface area contributed by atoms with Crippen molar-refractivity contribution in [2.75, 3.05) is 7.11 Å².